The van der Waals surface area contributed by atoms with Crippen LogP contribution < -0.4 is 10.6 Å². The Labute approximate surface area is 221 Å². The van der Waals surface area contributed by atoms with Gasteiger partial charge in [0.05, 0.1) is 6.04 Å². The highest BCUT2D eigenvalue weighted by atomic mass is 16.2. The van der Waals surface area contributed by atoms with Crippen LogP contribution in [0.5, 0.6) is 0 Å². The number of benzene rings is 2. The lowest BCUT2D eigenvalue weighted by molar-refractivity contribution is -0.137. The van der Waals surface area contributed by atoms with Gasteiger partial charge in [0.1, 0.15) is 0 Å². The van der Waals surface area contributed by atoms with Crippen LogP contribution in [-0.2, 0) is 9.59 Å². The van der Waals surface area contributed by atoms with Crippen LogP contribution in [0.4, 0.5) is 0 Å². The van der Waals surface area contributed by atoms with Crippen LogP contribution in [0.15, 0.2) is 72.8 Å². The van der Waals surface area contributed by atoms with Crippen LogP contribution in [0.25, 0.3) is 0 Å². The molecular formula is C33H40N2O2. The zero-order chi connectivity index (χ0) is 25.8. The van der Waals surface area contributed by atoms with Crippen molar-refractivity contribution in [2.75, 3.05) is 0 Å². The van der Waals surface area contributed by atoms with Crippen molar-refractivity contribution in [3.63, 3.8) is 0 Å². The predicted molar refractivity (Wildman–Crippen MR) is 146 cm³/mol. The smallest absolute Gasteiger partial charge is 0.243 e. The second-order valence-electron chi connectivity index (χ2n) is 12.7. The van der Waals surface area contributed by atoms with Crippen LogP contribution in [0, 0.1) is 40.4 Å². The molecule has 6 rings (SSSR count). The van der Waals surface area contributed by atoms with Crippen molar-refractivity contribution in [2.45, 2.75) is 65.0 Å². The van der Waals surface area contributed by atoms with E-state index in [2.05, 4.69) is 61.7 Å². The number of hydrogen-bond donors (Lipinski definition) is 2. The Kier molecular flexibility index (Phi) is 6.05. The molecule has 0 saturated heterocycles. The summed E-state index contributed by atoms with van der Waals surface area (Å²) in [4.78, 5) is 26.2. The highest BCUT2D eigenvalue weighted by Gasteiger charge is 2.62. The van der Waals surface area contributed by atoms with Gasteiger partial charge in [0.2, 0.25) is 11.8 Å². The molecule has 3 saturated carbocycles. The second-order valence-corrected chi connectivity index (χ2v) is 12.7. The van der Waals surface area contributed by atoms with E-state index >= 15 is 0 Å². The third-order valence-electron chi connectivity index (χ3n) is 10.9. The van der Waals surface area contributed by atoms with Crippen molar-refractivity contribution >= 4 is 11.8 Å². The molecule has 0 bridgehead atoms. The molecule has 5 unspecified atom stereocenters. The van der Waals surface area contributed by atoms with Gasteiger partial charge in [0, 0.05) is 17.4 Å². The molecule has 37 heavy (non-hydrogen) atoms. The highest BCUT2D eigenvalue weighted by Crippen LogP contribution is 2.66. The second kappa shape index (κ2) is 9.15. The number of amides is 2. The molecule has 1 heterocycles. The molecule has 4 aliphatic rings. The number of nitrogens with one attached hydrogen (secondary N) is 2. The Balaban J connectivity index is 1.26. The van der Waals surface area contributed by atoms with Crippen molar-refractivity contribution < 1.29 is 9.59 Å². The van der Waals surface area contributed by atoms with E-state index < -0.39 is 0 Å². The summed E-state index contributed by atoms with van der Waals surface area (Å²) in [5.74, 6) is 2.54. The number of carbonyl (C=O) groups excluding carboxylic acids is 2. The van der Waals surface area contributed by atoms with E-state index in [4.69, 9.17) is 0 Å². The normalized spacial score (nSPS) is 38.3. The van der Waals surface area contributed by atoms with Gasteiger partial charge in [-0.1, -0.05) is 87.5 Å². The van der Waals surface area contributed by atoms with E-state index in [1.54, 1.807) is 6.08 Å². The Bertz CT molecular complexity index is 1150. The van der Waals surface area contributed by atoms with Gasteiger partial charge in [-0.05, 0) is 78.4 Å². The average molecular weight is 497 g/mol. The maximum Gasteiger partial charge on any atom is 0.243 e. The van der Waals surface area contributed by atoms with Crippen LogP contribution in [-0.4, -0.2) is 17.9 Å². The summed E-state index contributed by atoms with van der Waals surface area (Å²) in [5, 5.41) is 6.77. The highest BCUT2D eigenvalue weighted by molar-refractivity contribution is 5.89. The third-order valence-corrected chi connectivity index (χ3v) is 10.9. The van der Waals surface area contributed by atoms with Crippen molar-refractivity contribution in [1.82, 2.24) is 10.6 Å². The van der Waals surface area contributed by atoms with E-state index in [0.29, 0.717) is 23.7 Å². The fourth-order valence-corrected chi connectivity index (χ4v) is 9.01. The fraction of sp³-hybridized carbons (Fsp3) is 0.515. The SMILES string of the molecule is C[C@H]1CC2NC(=O)C=C[C@]2(C)C2CC[C@]3(C)C(C(=O)NC(c4ccccc4)c4ccccc4)CCC3C21. The minimum absolute atomic E-state index is 0.0124. The maximum absolute atomic E-state index is 14.1. The summed E-state index contributed by atoms with van der Waals surface area (Å²) in [5.41, 5.74) is 2.27. The molecule has 0 spiro atoms. The summed E-state index contributed by atoms with van der Waals surface area (Å²) < 4.78 is 0. The van der Waals surface area contributed by atoms with Gasteiger partial charge in [-0.3, -0.25) is 9.59 Å². The minimum atomic E-state index is -0.141. The number of hydrogen-bond acceptors (Lipinski definition) is 2. The zero-order valence-corrected chi connectivity index (χ0v) is 22.3. The quantitative estimate of drug-likeness (QED) is 0.541. The Morgan fingerprint density at radius 2 is 1.59 bits per heavy atom. The maximum atomic E-state index is 14.1. The summed E-state index contributed by atoms with van der Waals surface area (Å²) in [7, 11) is 0. The predicted octanol–water partition coefficient (Wildman–Crippen LogP) is 6.05. The van der Waals surface area contributed by atoms with Crippen molar-refractivity contribution in [1.29, 1.82) is 0 Å². The minimum Gasteiger partial charge on any atom is -0.349 e. The van der Waals surface area contributed by atoms with Gasteiger partial charge in [0.15, 0.2) is 0 Å². The first-order chi connectivity index (χ1) is 17.8. The lowest BCUT2D eigenvalue weighted by Gasteiger charge is -2.60. The molecule has 2 aromatic rings. The van der Waals surface area contributed by atoms with E-state index in [0.717, 1.165) is 43.2 Å². The first-order valence-corrected chi connectivity index (χ1v) is 14.2. The summed E-state index contributed by atoms with van der Waals surface area (Å²) >= 11 is 0. The summed E-state index contributed by atoms with van der Waals surface area (Å²) in [6.07, 6.45) is 9.29. The van der Waals surface area contributed by atoms with E-state index in [9.17, 15) is 9.59 Å². The lowest BCUT2D eigenvalue weighted by atomic mass is 9.45. The molecule has 0 aromatic heterocycles. The van der Waals surface area contributed by atoms with Gasteiger partial charge >= 0.3 is 0 Å². The fourth-order valence-electron chi connectivity index (χ4n) is 9.01. The van der Waals surface area contributed by atoms with Crippen molar-refractivity contribution in [3.8, 4) is 0 Å². The molecule has 3 aliphatic carbocycles. The topological polar surface area (TPSA) is 58.2 Å². The molecule has 194 valence electrons. The molecule has 4 heteroatoms. The standard InChI is InChI=1S/C33H40N2O2/c1-21-20-27-33(3,19-17-28(36)34-27)25-16-18-32(2)24(29(21)25)14-15-26(32)31(37)35-30(22-10-6-4-7-11-22)23-12-8-5-9-13-23/h4-13,17,19,21,24-27,29-30H,14-16,18,20H2,1-3H3,(H,34,36)(H,35,37)/t21-,24?,25?,26?,27?,29?,32-,33+/m0/s1. The van der Waals surface area contributed by atoms with Crippen LogP contribution in [0.1, 0.15) is 70.0 Å². The van der Waals surface area contributed by atoms with E-state index in [-0.39, 0.29) is 40.6 Å². The van der Waals surface area contributed by atoms with Gasteiger partial charge in [-0.2, -0.15) is 0 Å². The number of fused-ring (bicyclic) bond motifs is 5. The van der Waals surface area contributed by atoms with Gasteiger partial charge in [-0.25, -0.2) is 0 Å². The monoisotopic (exact) mass is 496 g/mol. The van der Waals surface area contributed by atoms with Crippen molar-refractivity contribution in [3.05, 3.63) is 83.9 Å². The van der Waals surface area contributed by atoms with E-state index in [1.165, 1.54) is 0 Å². The molecule has 0 radical (unpaired) electrons. The summed E-state index contributed by atoms with van der Waals surface area (Å²) in [6.45, 7) is 7.16. The molecule has 2 N–H and O–H groups in total. The van der Waals surface area contributed by atoms with Crippen LogP contribution in [0.2, 0.25) is 0 Å². The Morgan fingerprint density at radius 1 is 0.946 bits per heavy atom. The largest absolute Gasteiger partial charge is 0.349 e. The molecule has 2 aromatic carbocycles. The first kappa shape index (κ1) is 24.5. The van der Waals surface area contributed by atoms with Gasteiger partial charge < -0.3 is 10.6 Å². The number of rotatable bonds is 4. The first-order valence-electron chi connectivity index (χ1n) is 14.2. The molecular weight excluding hydrogens is 456 g/mol. The summed E-state index contributed by atoms with van der Waals surface area (Å²) in [6, 6.07) is 20.8. The van der Waals surface area contributed by atoms with Crippen LogP contribution >= 0.6 is 0 Å². The van der Waals surface area contributed by atoms with Gasteiger partial charge in [0.25, 0.3) is 0 Å². The Morgan fingerprint density at radius 3 is 2.24 bits per heavy atom. The lowest BCUT2D eigenvalue weighted by Crippen LogP contribution is -2.61. The molecule has 4 nitrogen and oxygen atoms in total. The zero-order valence-electron chi connectivity index (χ0n) is 22.3. The third kappa shape index (κ3) is 3.95. The number of carbonyl (C=O) groups is 2. The molecule has 2 amide bonds. The average Bonchev–Trinajstić information content (AvgIpc) is 3.26. The van der Waals surface area contributed by atoms with Gasteiger partial charge in [-0.15, -0.1) is 0 Å². The molecule has 8 atom stereocenters. The van der Waals surface area contributed by atoms with Crippen LogP contribution in [0.3, 0.4) is 0 Å². The molecule has 1 aliphatic heterocycles. The van der Waals surface area contributed by atoms with E-state index in [1.807, 2.05) is 36.4 Å². The Hall–Kier alpha value is -2.88. The molecule has 3 fully saturated rings. The van der Waals surface area contributed by atoms with Crippen molar-refractivity contribution in [2.24, 2.45) is 40.4 Å².